The molecular formula is C17H30FN3. The Kier molecular flexibility index (Phi) is 7.09. The molecule has 3 nitrogen and oxygen atoms in total. The summed E-state index contributed by atoms with van der Waals surface area (Å²) in [6.07, 6.45) is 6.30. The summed E-state index contributed by atoms with van der Waals surface area (Å²) in [5.41, 5.74) is 0.625. The molecule has 1 atom stereocenters. The van der Waals surface area contributed by atoms with Gasteiger partial charge >= 0.3 is 0 Å². The lowest BCUT2D eigenvalue weighted by molar-refractivity contribution is 0.418. The average Bonchev–Trinajstić information content (AvgIpc) is 2.39. The quantitative estimate of drug-likeness (QED) is 0.694. The Labute approximate surface area is 128 Å². The van der Waals surface area contributed by atoms with Crippen molar-refractivity contribution < 1.29 is 4.39 Å². The SMILES string of the molecule is CCCCCC(C)Nc1nccc(CNC(C)(C)C)c1F. The van der Waals surface area contributed by atoms with Crippen LogP contribution in [0, 0.1) is 5.82 Å². The fraction of sp³-hybridized carbons (Fsp3) is 0.706. The predicted molar refractivity (Wildman–Crippen MR) is 88.0 cm³/mol. The van der Waals surface area contributed by atoms with Crippen LogP contribution in [-0.4, -0.2) is 16.6 Å². The maximum atomic E-state index is 14.4. The van der Waals surface area contributed by atoms with Crippen LogP contribution in [0.25, 0.3) is 0 Å². The Balaban J connectivity index is 2.63. The molecule has 0 aliphatic rings. The van der Waals surface area contributed by atoms with E-state index in [2.05, 4.69) is 50.2 Å². The van der Waals surface area contributed by atoms with Crippen molar-refractivity contribution in [3.63, 3.8) is 0 Å². The molecule has 1 aromatic rings. The number of hydrogen-bond acceptors (Lipinski definition) is 3. The molecule has 0 aliphatic carbocycles. The summed E-state index contributed by atoms with van der Waals surface area (Å²) in [7, 11) is 0. The van der Waals surface area contributed by atoms with E-state index in [1.807, 2.05) is 0 Å². The second kappa shape index (κ2) is 8.32. The minimum absolute atomic E-state index is 0.0310. The molecule has 0 radical (unpaired) electrons. The van der Waals surface area contributed by atoms with E-state index in [1.54, 1.807) is 12.3 Å². The maximum Gasteiger partial charge on any atom is 0.169 e. The third-order valence-corrected chi connectivity index (χ3v) is 3.40. The largest absolute Gasteiger partial charge is 0.365 e. The fourth-order valence-electron chi connectivity index (χ4n) is 2.09. The lowest BCUT2D eigenvalue weighted by Crippen LogP contribution is -2.35. The summed E-state index contributed by atoms with van der Waals surface area (Å²) in [5.74, 6) is 0.129. The summed E-state index contributed by atoms with van der Waals surface area (Å²) < 4.78 is 14.4. The number of rotatable bonds is 8. The number of aromatic nitrogens is 1. The molecule has 1 rings (SSSR count). The number of pyridine rings is 1. The lowest BCUT2D eigenvalue weighted by Gasteiger charge is -2.21. The molecule has 1 heterocycles. The second-order valence-corrected chi connectivity index (χ2v) is 6.78. The van der Waals surface area contributed by atoms with Crippen molar-refractivity contribution in [1.82, 2.24) is 10.3 Å². The van der Waals surface area contributed by atoms with Crippen molar-refractivity contribution in [1.29, 1.82) is 0 Å². The van der Waals surface area contributed by atoms with Gasteiger partial charge in [0.1, 0.15) is 0 Å². The molecule has 0 bridgehead atoms. The fourth-order valence-corrected chi connectivity index (χ4v) is 2.09. The van der Waals surface area contributed by atoms with E-state index >= 15 is 0 Å². The molecule has 1 unspecified atom stereocenters. The molecule has 0 aromatic carbocycles. The van der Waals surface area contributed by atoms with Crippen LogP contribution >= 0.6 is 0 Å². The van der Waals surface area contributed by atoms with E-state index in [9.17, 15) is 4.39 Å². The van der Waals surface area contributed by atoms with Crippen LogP contribution in [0.2, 0.25) is 0 Å². The number of anilines is 1. The molecule has 1 aromatic heterocycles. The van der Waals surface area contributed by atoms with Gasteiger partial charge in [0.2, 0.25) is 0 Å². The highest BCUT2D eigenvalue weighted by atomic mass is 19.1. The van der Waals surface area contributed by atoms with E-state index in [4.69, 9.17) is 0 Å². The van der Waals surface area contributed by atoms with Gasteiger partial charge in [-0.3, -0.25) is 0 Å². The van der Waals surface area contributed by atoms with Crippen LogP contribution in [0.1, 0.15) is 65.9 Å². The standard InChI is InChI=1S/C17H30FN3/c1-6-7-8-9-13(2)21-16-15(18)14(10-11-19-16)12-20-17(3,4)5/h10-11,13,20H,6-9,12H2,1-5H3,(H,19,21). The van der Waals surface area contributed by atoms with E-state index in [1.165, 1.54) is 12.8 Å². The molecule has 0 aliphatic heterocycles. The molecule has 0 saturated heterocycles. The molecule has 0 amide bonds. The normalized spacial score (nSPS) is 13.2. The first-order chi connectivity index (χ1) is 9.83. The molecule has 21 heavy (non-hydrogen) atoms. The zero-order valence-corrected chi connectivity index (χ0v) is 14.1. The van der Waals surface area contributed by atoms with Gasteiger partial charge in [-0.25, -0.2) is 9.37 Å². The number of nitrogens with zero attached hydrogens (tertiary/aromatic N) is 1. The number of unbranched alkanes of at least 4 members (excludes halogenated alkanes) is 2. The Morgan fingerprint density at radius 1 is 1.29 bits per heavy atom. The van der Waals surface area contributed by atoms with Crippen LogP contribution < -0.4 is 10.6 Å². The molecule has 2 N–H and O–H groups in total. The van der Waals surface area contributed by atoms with Gasteiger partial charge in [-0.1, -0.05) is 26.2 Å². The zero-order chi connectivity index (χ0) is 15.9. The van der Waals surface area contributed by atoms with Gasteiger partial charge in [-0.05, 0) is 40.2 Å². The Bertz CT molecular complexity index is 427. The molecule has 120 valence electrons. The topological polar surface area (TPSA) is 37.0 Å². The highest BCUT2D eigenvalue weighted by Crippen LogP contribution is 2.18. The maximum absolute atomic E-state index is 14.4. The van der Waals surface area contributed by atoms with Crippen LogP contribution in [0.4, 0.5) is 10.2 Å². The number of nitrogens with one attached hydrogen (secondary N) is 2. The van der Waals surface area contributed by atoms with Crippen LogP contribution in [0.15, 0.2) is 12.3 Å². The summed E-state index contributed by atoms with van der Waals surface area (Å²) in [5, 5.41) is 6.50. The molecule has 4 heteroatoms. The van der Waals surface area contributed by atoms with Crippen molar-refractivity contribution in [3.05, 3.63) is 23.6 Å². The van der Waals surface area contributed by atoms with Crippen LogP contribution in [0.5, 0.6) is 0 Å². The van der Waals surface area contributed by atoms with E-state index in [0.29, 0.717) is 17.9 Å². The van der Waals surface area contributed by atoms with E-state index in [-0.39, 0.29) is 17.4 Å². The van der Waals surface area contributed by atoms with Gasteiger partial charge in [0, 0.05) is 29.9 Å². The van der Waals surface area contributed by atoms with Gasteiger partial charge in [0.15, 0.2) is 11.6 Å². The Hall–Kier alpha value is -1.16. The van der Waals surface area contributed by atoms with Gasteiger partial charge in [0.25, 0.3) is 0 Å². The smallest absolute Gasteiger partial charge is 0.169 e. The minimum Gasteiger partial charge on any atom is -0.365 e. The van der Waals surface area contributed by atoms with Crippen molar-refractivity contribution >= 4 is 5.82 Å². The summed E-state index contributed by atoms with van der Waals surface area (Å²) in [6.45, 7) is 11.0. The van der Waals surface area contributed by atoms with Gasteiger partial charge < -0.3 is 10.6 Å². The van der Waals surface area contributed by atoms with Gasteiger partial charge in [-0.15, -0.1) is 0 Å². The van der Waals surface area contributed by atoms with Crippen molar-refractivity contribution in [3.8, 4) is 0 Å². The van der Waals surface area contributed by atoms with E-state index in [0.717, 1.165) is 12.8 Å². The highest BCUT2D eigenvalue weighted by molar-refractivity contribution is 5.40. The lowest BCUT2D eigenvalue weighted by atomic mass is 10.1. The average molecular weight is 295 g/mol. The highest BCUT2D eigenvalue weighted by Gasteiger charge is 2.14. The Morgan fingerprint density at radius 3 is 2.62 bits per heavy atom. The van der Waals surface area contributed by atoms with Crippen molar-refractivity contribution in [2.24, 2.45) is 0 Å². The minimum atomic E-state index is -0.239. The molecule has 0 saturated carbocycles. The first-order valence-electron chi connectivity index (χ1n) is 7.98. The predicted octanol–water partition coefficient (Wildman–Crippen LogP) is 4.49. The zero-order valence-electron chi connectivity index (χ0n) is 14.1. The molecular weight excluding hydrogens is 265 g/mol. The van der Waals surface area contributed by atoms with Crippen molar-refractivity contribution in [2.75, 3.05) is 5.32 Å². The Morgan fingerprint density at radius 2 is 2.00 bits per heavy atom. The van der Waals surface area contributed by atoms with Gasteiger partial charge in [0.05, 0.1) is 0 Å². The van der Waals surface area contributed by atoms with Gasteiger partial charge in [-0.2, -0.15) is 0 Å². The van der Waals surface area contributed by atoms with E-state index < -0.39 is 0 Å². The number of hydrogen-bond donors (Lipinski definition) is 2. The summed E-state index contributed by atoms with van der Waals surface area (Å²) in [6, 6.07) is 1.98. The molecule has 0 spiro atoms. The number of halogens is 1. The molecule has 0 fully saturated rings. The second-order valence-electron chi connectivity index (χ2n) is 6.78. The summed E-state index contributed by atoms with van der Waals surface area (Å²) >= 11 is 0. The first-order valence-corrected chi connectivity index (χ1v) is 7.98. The third kappa shape index (κ3) is 6.89. The monoisotopic (exact) mass is 295 g/mol. The van der Waals surface area contributed by atoms with Crippen LogP contribution in [-0.2, 0) is 6.54 Å². The van der Waals surface area contributed by atoms with Crippen molar-refractivity contribution in [2.45, 2.75) is 78.4 Å². The summed E-state index contributed by atoms with van der Waals surface area (Å²) in [4.78, 5) is 4.14. The first kappa shape index (κ1) is 17.9. The van der Waals surface area contributed by atoms with Crippen LogP contribution in [0.3, 0.4) is 0 Å². The third-order valence-electron chi connectivity index (χ3n) is 3.40.